The molecule has 42 heavy (non-hydrogen) atoms. The normalized spacial score (nSPS) is 20.1. The number of ether oxygens (including phenoxy) is 2. The van der Waals surface area contributed by atoms with E-state index in [0.717, 1.165) is 27.3 Å². The van der Waals surface area contributed by atoms with E-state index in [9.17, 15) is 14.7 Å². The number of nitrogens with one attached hydrogen (secondary N) is 2. The molecule has 4 aromatic rings. The maximum Gasteiger partial charge on any atom is 0.255 e. The molecule has 216 valence electrons. The van der Waals surface area contributed by atoms with Gasteiger partial charge in [-0.2, -0.15) is 0 Å². The van der Waals surface area contributed by atoms with E-state index < -0.39 is 6.29 Å². The maximum absolute atomic E-state index is 12.8. The van der Waals surface area contributed by atoms with Gasteiger partial charge in [0.1, 0.15) is 0 Å². The van der Waals surface area contributed by atoms with Gasteiger partial charge >= 0.3 is 0 Å². The number of rotatable bonds is 9. The Morgan fingerprint density at radius 2 is 1.55 bits per heavy atom. The second kappa shape index (κ2) is 13.8. The van der Waals surface area contributed by atoms with E-state index in [1.165, 1.54) is 6.92 Å². The minimum atomic E-state index is -0.648. The number of amides is 2. The molecule has 1 saturated heterocycles. The van der Waals surface area contributed by atoms with Crippen molar-refractivity contribution in [2.24, 2.45) is 5.92 Å². The Hall–Kier alpha value is -3.95. The predicted molar refractivity (Wildman–Crippen MR) is 165 cm³/mol. The lowest BCUT2D eigenvalue weighted by atomic mass is 9.91. The van der Waals surface area contributed by atoms with E-state index in [-0.39, 0.29) is 36.5 Å². The quantitative estimate of drug-likeness (QED) is 0.184. The number of hydrogen-bond acceptors (Lipinski definition) is 6. The standard InChI is InChI=1S/C34H34N2O5S/c1-22-31(21-42-30-17-15-28(16-18-30)35-23(2)38)40-34(41-32(22)25-13-11-24(20-37)12-14-25)27-9-6-10-29(19-27)36-33(39)26-7-4-3-5-8-26/h3-19,22,31-32,34,37H,20-21H2,1-2H3,(H,35,38)(H,36,39). The first kappa shape index (κ1) is 29.5. The molecular weight excluding hydrogens is 548 g/mol. The molecule has 0 aliphatic carbocycles. The van der Waals surface area contributed by atoms with E-state index in [4.69, 9.17) is 9.47 Å². The van der Waals surface area contributed by atoms with Gasteiger partial charge in [-0.05, 0) is 59.7 Å². The van der Waals surface area contributed by atoms with Crippen LogP contribution in [0.1, 0.15) is 53.3 Å². The molecule has 0 saturated carbocycles. The van der Waals surface area contributed by atoms with Crippen LogP contribution < -0.4 is 10.6 Å². The predicted octanol–water partition coefficient (Wildman–Crippen LogP) is 6.97. The number of anilines is 2. The molecule has 0 radical (unpaired) electrons. The Labute approximate surface area is 250 Å². The van der Waals surface area contributed by atoms with Crippen molar-refractivity contribution in [1.29, 1.82) is 0 Å². The lowest BCUT2D eigenvalue weighted by Gasteiger charge is -2.41. The highest BCUT2D eigenvalue weighted by molar-refractivity contribution is 7.99. The van der Waals surface area contributed by atoms with Gasteiger partial charge in [0.2, 0.25) is 5.91 Å². The summed E-state index contributed by atoms with van der Waals surface area (Å²) in [5.41, 5.74) is 4.65. The number of carbonyl (C=O) groups is 2. The molecule has 1 fully saturated rings. The molecular formula is C34H34N2O5S. The lowest BCUT2D eigenvalue weighted by Crippen LogP contribution is -2.38. The maximum atomic E-state index is 12.8. The average Bonchev–Trinajstić information content (AvgIpc) is 3.01. The number of hydrogen-bond donors (Lipinski definition) is 3. The summed E-state index contributed by atoms with van der Waals surface area (Å²) in [6.45, 7) is 3.60. The summed E-state index contributed by atoms with van der Waals surface area (Å²) in [7, 11) is 0. The Kier molecular flexibility index (Phi) is 9.71. The van der Waals surface area contributed by atoms with Crippen LogP contribution in [-0.2, 0) is 20.9 Å². The minimum absolute atomic E-state index is 0.0193. The van der Waals surface area contributed by atoms with Crippen molar-refractivity contribution >= 4 is 35.0 Å². The Bertz CT molecular complexity index is 1490. The summed E-state index contributed by atoms with van der Waals surface area (Å²) in [6, 6.07) is 32.2. The van der Waals surface area contributed by atoms with Crippen LogP contribution in [0.25, 0.3) is 0 Å². The van der Waals surface area contributed by atoms with Crippen molar-refractivity contribution in [2.45, 2.75) is 43.8 Å². The summed E-state index contributed by atoms with van der Waals surface area (Å²) in [6.07, 6.45) is -1.04. The molecule has 4 atom stereocenters. The first-order valence-electron chi connectivity index (χ1n) is 13.9. The van der Waals surface area contributed by atoms with Crippen molar-refractivity contribution in [2.75, 3.05) is 16.4 Å². The highest BCUT2D eigenvalue weighted by Gasteiger charge is 2.38. The Morgan fingerprint density at radius 1 is 0.810 bits per heavy atom. The molecule has 1 aliphatic rings. The zero-order chi connectivity index (χ0) is 29.5. The summed E-state index contributed by atoms with van der Waals surface area (Å²) in [5.74, 6) is 0.435. The van der Waals surface area contributed by atoms with E-state index in [1.807, 2.05) is 91.0 Å². The molecule has 2 amide bonds. The van der Waals surface area contributed by atoms with Gasteiger partial charge in [0.15, 0.2) is 6.29 Å². The molecule has 8 heteroatoms. The van der Waals surface area contributed by atoms with Crippen LogP contribution in [-0.4, -0.2) is 28.8 Å². The molecule has 0 bridgehead atoms. The number of benzene rings is 4. The topological polar surface area (TPSA) is 96.9 Å². The van der Waals surface area contributed by atoms with E-state index >= 15 is 0 Å². The summed E-state index contributed by atoms with van der Waals surface area (Å²) in [5, 5.41) is 15.3. The highest BCUT2D eigenvalue weighted by Crippen LogP contribution is 2.43. The Morgan fingerprint density at radius 3 is 2.24 bits per heavy atom. The molecule has 5 rings (SSSR count). The van der Waals surface area contributed by atoms with Gasteiger partial charge in [-0.3, -0.25) is 9.59 Å². The molecule has 4 unspecified atom stereocenters. The van der Waals surface area contributed by atoms with Crippen LogP contribution >= 0.6 is 11.8 Å². The SMILES string of the molecule is CC(=O)Nc1ccc(SCC2OC(c3cccc(NC(=O)c4ccccc4)c3)OC(c3ccc(CO)cc3)C2C)cc1. The van der Waals surface area contributed by atoms with Crippen LogP contribution in [0.5, 0.6) is 0 Å². The minimum Gasteiger partial charge on any atom is -0.392 e. The van der Waals surface area contributed by atoms with Crippen molar-refractivity contribution in [3.8, 4) is 0 Å². The third-order valence-electron chi connectivity index (χ3n) is 7.16. The number of thioether (sulfide) groups is 1. The first-order chi connectivity index (χ1) is 20.4. The molecule has 7 nitrogen and oxygen atoms in total. The molecule has 1 heterocycles. The zero-order valence-corrected chi connectivity index (χ0v) is 24.3. The molecule has 4 aromatic carbocycles. The zero-order valence-electron chi connectivity index (χ0n) is 23.5. The third kappa shape index (κ3) is 7.46. The second-order valence-corrected chi connectivity index (χ2v) is 11.4. The number of carbonyl (C=O) groups excluding carboxylic acids is 2. The van der Waals surface area contributed by atoms with Gasteiger partial charge in [-0.15, -0.1) is 11.8 Å². The van der Waals surface area contributed by atoms with E-state index in [1.54, 1.807) is 23.9 Å². The highest BCUT2D eigenvalue weighted by atomic mass is 32.2. The van der Waals surface area contributed by atoms with Gasteiger partial charge in [-0.25, -0.2) is 0 Å². The molecule has 3 N–H and O–H groups in total. The lowest BCUT2D eigenvalue weighted by molar-refractivity contribution is -0.268. The molecule has 0 aromatic heterocycles. The third-order valence-corrected chi connectivity index (χ3v) is 8.27. The average molecular weight is 583 g/mol. The first-order valence-corrected chi connectivity index (χ1v) is 14.9. The van der Waals surface area contributed by atoms with Crippen molar-refractivity contribution < 1.29 is 24.2 Å². The fourth-order valence-corrected chi connectivity index (χ4v) is 5.95. The smallest absolute Gasteiger partial charge is 0.255 e. The summed E-state index contributed by atoms with van der Waals surface area (Å²) in [4.78, 5) is 25.2. The van der Waals surface area contributed by atoms with Gasteiger partial charge in [0.25, 0.3) is 5.91 Å². The van der Waals surface area contributed by atoms with Crippen molar-refractivity contribution in [3.63, 3.8) is 0 Å². The van der Waals surface area contributed by atoms with Crippen LogP contribution in [0.15, 0.2) is 108 Å². The fourth-order valence-electron chi connectivity index (χ4n) is 4.88. The monoisotopic (exact) mass is 582 g/mol. The van der Waals surface area contributed by atoms with Gasteiger partial charge in [0, 0.05) is 46.0 Å². The van der Waals surface area contributed by atoms with Crippen LogP contribution in [0.4, 0.5) is 11.4 Å². The van der Waals surface area contributed by atoms with Gasteiger partial charge < -0.3 is 25.2 Å². The number of aliphatic hydroxyl groups is 1. The summed E-state index contributed by atoms with van der Waals surface area (Å²) >= 11 is 1.68. The van der Waals surface area contributed by atoms with Gasteiger partial charge in [0.05, 0.1) is 18.8 Å². The van der Waals surface area contributed by atoms with E-state index in [0.29, 0.717) is 17.0 Å². The summed E-state index contributed by atoms with van der Waals surface area (Å²) < 4.78 is 13.1. The van der Waals surface area contributed by atoms with E-state index in [2.05, 4.69) is 17.6 Å². The second-order valence-electron chi connectivity index (χ2n) is 10.3. The largest absolute Gasteiger partial charge is 0.392 e. The molecule has 0 spiro atoms. The molecule has 1 aliphatic heterocycles. The van der Waals surface area contributed by atoms with Crippen LogP contribution in [0.3, 0.4) is 0 Å². The van der Waals surface area contributed by atoms with Crippen LogP contribution in [0, 0.1) is 5.92 Å². The van der Waals surface area contributed by atoms with Crippen LogP contribution in [0.2, 0.25) is 0 Å². The number of aliphatic hydroxyl groups excluding tert-OH is 1. The van der Waals surface area contributed by atoms with Crippen molar-refractivity contribution in [3.05, 3.63) is 125 Å². The van der Waals surface area contributed by atoms with Crippen molar-refractivity contribution in [1.82, 2.24) is 0 Å². The fraction of sp³-hybridized carbons (Fsp3) is 0.235. The van der Waals surface area contributed by atoms with Gasteiger partial charge in [-0.1, -0.05) is 61.5 Å². The Balaban J connectivity index is 1.36.